The predicted octanol–water partition coefficient (Wildman–Crippen LogP) is 2.62. The van der Waals surface area contributed by atoms with Gasteiger partial charge in [-0.05, 0) is 28.1 Å². The summed E-state index contributed by atoms with van der Waals surface area (Å²) in [6.45, 7) is 1.86. The summed E-state index contributed by atoms with van der Waals surface area (Å²) in [6.07, 6.45) is 0. The molecule has 0 aliphatic carbocycles. The van der Waals surface area contributed by atoms with Crippen LogP contribution in [0.25, 0.3) is 0 Å². The molecule has 0 saturated carbocycles. The molecule has 2 unspecified atom stereocenters. The molecule has 0 saturated heterocycles. The Morgan fingerprint density at radius 1 is 1.38 bits per heavy atom. The summed E-state index contributed by atoms with van der Waals surface area (Å²) < 4.78 is 5.51. The molecule has 68 valence electrons. The second kappa shape index (κ2) is 3.14. The molecule has 0 fully saturated rings. The Morgan fingerprint density at radius 3 is 2.85 bits per heavy atom. The Kier molecular flexibility index (Phi) is 2.12. The van der Waals surface area contributed by atoms with E-state index in [0.29, 0.717) is 11.3 Å². The topological polar surface area (TPSA) is 26.3 Å². The van der Waals surface area contributed by atoms with Gasteiger partial charge in [-0.2, -0.15) is 0 Å². The van der Waals surface area contributed by atoms with E-state index in [1.165, 1.54) is 0 Å². The minimum Gasteiger partial charge on any atom is -0.478 e. The van der Waals surface area contributed by atoms with Gasteiger partial charge in [-0.15, -0.1) is 0 Å². The number of rotatable bonds is 0. The first-order valence-corrected chi connectivity index (χ1v) is 5.05. The van der Waals surface area contributed by atoms with E-state index >= 15 is 0 Å². The highest BCUT2D eigenvalue weighted by Gasteiger charge is 2.31. The van der Waals surface area contributed by atoms with Crippen LogP contribution in [-0.4, -0.2) is 10.8 Å². The number of ketones is 1. The van der Waals surface area contributed by atoms with E-state index in [2.05, 4.69) is 15.9 Å². The molecule has 0 aromatic heterocycles. The number of alkyl halides is 1. The molecule has 1 aromatic carbocycles. The molecule has 1 heterocycles. The van der Waals surface area contributed by atoms with Crippen LogP contribution in [0.4, 0.5) is 0 Å². The molecule has 0 N–H and O–H groups in total. The monoisotopic (exact) mass is 240 g/mol. The fraction of sp³-hybridized carbons (Fsp3) is 0.300. The van der Waals surface area contributed by atoms with E-state index in [1.54, 1.807) is 6.07 Å². The fourth-order valence-corrected chi connectivity index (χ4v) is 1.80. The van der Waals surface area contributed by atoms with Crippen molar-refractivity contribution < 1.29 is 9.53 Å². The molecule has 0 spiro atoms. The number of Topliss-reactive ketones (excluding diaryl/α,β-unsaturated/α-hetero) is 1. The van der Waals surface area contributed by atoms with E-state index in [4.69, 9.17) is 4.74 Å². The van der Waals surface area contributed by atoms with Gasteiger partial charge in [-0.3, -0.25) is 4.79 Å². The van der Waals surface area contributed by atoms with Crippen LogP contribution in [0, 0.1) is 5.92 Å². The molecule has 2 nitrogen and oxygen atoms in total. The SMILES string of the molecule is CC1C(=O)c2ccccc2OC1Br. The Bertz CT molecular complexity index is 349. The van der Waals surface area contributed by atoms with Crippen molar-refractivity contribution in [2.45, 2.75) is 11.9 Å². The van der Waals surface area contributed by atoms with Gasteiger partial charge in [0.1, 0.15) is 5.75 Å². The van der Waals surface area contributed by atoms with Crippen molar-refractivity contribution in [2.24, 2.45) is 5.92 Å². The average molecular weight is 241 g/mol. The van der Waals surface area contributed by atoms with Crippen LogP contribution in [0.15, 0.2) is 24.3 Å². The van der Waals surface area contributed by atoms with Gasteiger partial charge in [0, 0.05) is 0 Å². The summed E-state index contributed by atoms with van der Waals surface area (Å²) in [5.74, 6) is 0.700. The van der Waals surface area contributed by atoms with Crippen molar-refractivity contribution in [3.8, 4) is 5.75 Å². The summed E-state index contributed by atoms with van der Waals surface area (Å²) in [5.41, 5.74) is 0.686. The van der Waals surface area contributed by atoms with Crippen LogP contribution < -0.4 is 4.74 Å². The zero-order valence-electron chi connectivity index (χ0n) is 7.16. The van der Waals surface area contributed by atoms with Gasteiger partial charge >= 0.3 is 0 Å². The number of benzene rings is 1. The van der Waals surface area contributed by atoms with Crippen molar-refractivity contribution in [3.63, 3.8) is 0 Å². The van der Waals surface area contributed by atoms with Crippen molar-refractivity contribution >= 4 is 21.7 Å². The number of ether oxygens (including phenoxy) is 1. The maximum atomic E-state index is 11.7. The molecule has 1 aromatic rings. The van der Waals surface area contributed by atoms with Crippen LogP contribution in [0.2, 0.25) is 0 Å². The maximum absolute atomic E-state index is 11.7. The highest BCUT2D eigenvalue weighted by atomic mass is 79.9. The first-order chi connectivity index (χ1) is 6.20. The van der Waals surface area contributed by atoms with E-state index in [1.807, 2.05) is 25.1 Å². The molecule has 13 heavy (non-hydrogen) atoms. The van der Waals surface area contributed by atoms with Crippen LogP contribution >= 0.6 is 15.9 Å². The van der Waals surface area contributed by atoms with Gasteiger partial charge in [-0.1, -0.05) is 19.1 Å². The predicted molar refractivity (Wildman–Crippen MR) is 53.3 cm³/mol. The highest BCUT2D eigenvalue weighted by Crippen LogP contribution is 2.32. The lowest BCUT2D eigenvalue weighted by Gasteiger charge is -2.26. The molecular formula is C10H9BrO2. The van der Waals surface area contributed by atoms with Crippen molar-refractivity contribution in [1.82, 2.24) is 0 Å². The van der Waals surface area contributed by atoms with Crippen LogP contribution in [-0.2, 0) is 0 Å². The summed E-state index contributed by atoms with van der Waals surface area (Å²) >= 11 is 3.32. The summed E-state index contributed by atoms with van der Waals surface area (Å²) in [4.78, 5) is 11.7. The average Bonchev–Trinajstić information content (AvgIpc) is 2.15. The first kappa shape index (κ1) is 8.75. The molecule has 1 aliphatic heterocycles. The molecule has 1 aliphatic rings. The maximum Gasteiger partial charge on any atom is 0.173 e. The second-order valence-electron chi connectivity index (χ2n) is 3.12. The third-order valence-electron chi connectivity index (χ3n) is 2.20. The van der Waals surface area contributed by atoms with Gasteiger partial charge < -0.3 is 4.74 Å². The standard InChI is InChI=1S/C10H9BrO2/c1-6-9(12)7-4-2-3-5-8(7)13-10(6)11/h2-6,10H,1H3. The summed E-state index contributed by atoms with van der Waals surface area (Å²) in [6, 6.07) is 7.32. The third-order valence-corrected chi connectivity index (χ3v) is 3.18. The minimum absolute atomic E-state index is 0.116. The van der Waals surface area contributed by atoms with Gasteiger partial charge in [0.2, 0.25) is 0 Å². The zero-order chi connectivity index (χ0) is 9.42. The Morgan fingerprint density at radius 2 is 2.08 bits per heavy atom. The van der Waals surface area contributed by atoms with E-state index in [9.17, 15) is 4.79 Å². The molecule has 0 bridgehead atoms. The van der Waals surface area contributed by atoms with E-state index < -0.39 is 0 Å². The van der Waals surface area contributed by atoms with Crippen molar-refractivity contribution in [1.29, 1.82) is 0 Å². The van der Waals surface area contributed by atoms with Gasteiger partial charge in [0.05, 0.1) is 11.5 Å². The van der Waals surface area contributed by atoms with Crippen molar-refractivity contribution in [3.05, 3.63) is 29.8 Å². The molecule has 2 atom stereocenters. The molecular weight excluding hydrogens is 232 g/mol. The van der Waals surface area contributed by atoms with Crippen LogP contribution in [0.5, 0.6) is 5.75 Å². The fourth-order valence-electron chi connectivity index (χ4n) is 1.36. The number of carbonyl (C=O) groups excluding carboxylic acids is 1. The number of hydrogen-bond acceptors (Lipinski definition) is 2. The normalized spacial score (nSPS) is 26.5. The summed E-state index contributed by atoms with van der Waals surface area (Å²) in [7, 11) is 0. The number of fused-ring (bicyclic) bond motifs is 1. The van der Waals surface area contributed by atoms with Gasteiger partial charge in [-0.25, -0.2) is 0 Å². The lowest BCUT2D eigenvalue weighted by atomic mass is 9.97. The number of para-hydroxylation sites is 1. The van der Waals surface area contributed by atoms with E-state index in [-0.39, 0.29) is 16.7 Å². The molecule has 0 amide bonds. The third kappa shape index (κ3) is 1.37. The molecule has 3 heteroatoms. The Balaban J connectivity index is 2.49. The minimum atomic E-state index is -0.199. The van der Waals surface area contributed by atoms with Crippen LogP contribution in [0.3, 0.4) is 0 Å². The second-order valence-corrected chi connectivity index (χ2v) is 4.02. The molecule has 2 rings (SSSR count). The largest absolute Gasteiger partial charge is 0.478 e. The Labute approximate surface area is 85.0 Å². The quantitative estimate of drug-likeness (QED) is 0.652. The first-order valence-electron chi connectivity index (χ1n) is 4.14. The zero-order valence-corrected chi connectivity index (χ0v) is 8.74. The number of carbonyl (C=O) groups is 1. The lowest BCUT2D eigenvalue weighted by molar-refractivity contribution is 0.0825. The van der Waals surface area contributed by atoms with Crippen molar-refractivity contribution in [2.75, 3.05) is 0 Å². The lowest BCUT2D eigenvalue weighted by Crippen LogP contribution is -2.31. The summed E-state index contributed by atoms with van der Waals surface area (Å²) in [5, 5.41) is -0.199. The van der Waals surface area contributed by atoms with Gasteiger partial charge in [0.25, 0.3) is 0 Å². The Hall–Kier alpha value is -0.830. The van der Waals surface area contributed by atoms with Crippen LogP contribution in [0.1, 0.15) is 17.3 Å². The van der Waals surface area contributed by atoms with Gasteiger partial charge in [0.15, 0.2) is 10.8 Å². The van der Waals surface area contributed by atoms with E-state index in [0.717, 1.165) is 0 Å². The smallest absolute Gasteiger partial charge is 0.173 e. The highest BCUT2D eigenvalue weighted by molar-refractivity contribution is 9.09. The molecule has 0 radical (unpaired) electrons. The number of hydrogen-bond donors (Lipinski definition) is 0. The number of halogens is 1.